The van der Waals surface area contributed by atoms with Crippen LogP contribution in [0.4, 0.5) is 0 Å². The first-order valence-electron chi connectivity index (χ1n) is 6.25. The highest BCUT2D eigenvalue weighted by molar-refractivity contribution is 5.94. The van der Waals surface area contributed by atoms with Gasteiger partial charge in [-0.3, -0.25) is 9.59 Å². The van der Waals surface area contributed by atoms with Crippen LogP contribution in [0.5, 0.6) is 0 Å². The molecule has 0 bridgehead atoms. The Balaban J connectivity index is 2.19. The molecule has 1 unspecified atom stereocenters. The molecule has 0 aromatic carbocycles. The van der Waals surface area contributed by atoms with Gasteiger partial charge in [0, 0.05) is 6.54 Å². The molecule has 0 aliphatic carbocycles. The van der Waals surface area contributed by atoms with Crippen LogP contribution in [0.25, 0.3) is 0 Å². The fraction of sp³-hybridized carbons (Fsp3) is 0.538. The van der Waals surface area contributed by atoms with Crippen LogP contribution in [0.1, 0.15) is 30.8 Å². The molecule has 0 saturated carbocycles. The lowest BCUT2D eigenvalue weighted by atomic mass is 10.1. The number of hydrogen-bond acceptors (Lipinski definition) is 4. The van der Waals surface area contributed by atoms with Crippen molar-refractivity contribution in [1.29, 1.82) is 0 Å². The fourth-order valence-electron chi connectivity index (χ4n) is 1.58. The SMILES string of the molecule is CC(C)CC(O)CNC(=O)CNC(=O)c1ccco1. The van der Waals surface area contributed by atoms with Crippen LogP contribution in [-0.4, -0.2) is 36.1 Å². The van der Waals surface area contributed by atoms with Crippen LogP contribution < -0.4 is 10.6 Å². The van der Waals surface area contributed by atoms with Gasteiger partial charge < -0.3 is 20.2 Å². The second kappa shape index (κ2) is 7.58. The molecule has 0 fully saturated rings. The zero-order valence-electron chi connectivity index (χ0n) is 11.2. The molecular weight excluding hydrogens is 248 g/mol. The molecular formula is C13H20N2O4. The van der Waals surface area contributed by atoms with Crippen LogP contribution in [-0.2, 0) is 4.79 Å². The molecule has 0 radical (unpaired) electrons. The summed E-state index contributed by atoms with van der Waals surface area (Å²) in [5, 5.41) is 14.6. The molecule has 1 rings (SSSR count). The Hall–Kier alpha value is -1.82. The van der Waals surface area contributed by atoms with E-state index in [1.807, 2.05) is 13.8 Å². The van der Waals surface area contributed by atoms with Gasteiger partial charge in [-0.05, 0) is 24.5 Å². The number of hydrogen-bond donors (Lipinski definition) is 3. The number of furan rings is 1. The Morgan fingerprint density at radius 1 is 1.37 bits per heavy atom. The van der Waals surface area contributed by atoms with E-state index in [4.69, 9.17) is 4.42 Å². The van der Waals surface area contributed by atoms with Gasteiger partial charge in [0.05, 0.1) is 18.9 Å². The van der Waals surface area contributed by atoms with E-state index in [-0.39, 0.29) is 24.8 Å². The number of nitrogens with one attached hydrogen (secondary N) is 2. The average molecular weight is 268 g/mol. The average Bonchev–Trinajstić information content (AvgIpc) is 2.86. The summed E-state index contributed by atoms with van der Waals surface area (Å²) in [7, 11) is 0. The van der Waals surface area contributed by atoms with Gasteiger partial charge in [0.15, 0.2) is 5.76 Å². The molecule has 1 aromatic heterocycles. The van der Waals surface area contributed by atoms with Crippen molar-refractivity contribution in [3.8, 4) is 0 Å². The second-order valence-corrected chi connectivity index (χ2v) is 4.75. The van der Waals surface area contributed by atoms with Crippen molar-refractivity contribution in [1.82, 2.24) is 10.6 Å². The molecule has 1 atom stereocenters. The van der Waals surface area contributed by atoms with E-state index < -0.39 is 12.0 Å². The quantitative estimate of drug-likeness (QED) is 0.672. The Labute approximate surface area is 112 Å². The maximum atomic E-state index is 11.5. The Morgan fingerprint density at radius 2 is 2.11 bits per heavy atom. The summed E-state index contributed by atoms with van der Waals surface area (Å²) in [5.41, 5.74) is 0. The smallest absolute Gasteiger partial charge is 0.287 e. The van der Waals surface area contributed by atoms with Gasteiger partial charge in [0.2, 0.25) is 5.91 Å². The molecule has 0 aliphatic heterocycles. The third-order valence-corrected chi connectivity index (χ3v) is 2.43. The number of aliphatic hydroxyl groups is 1. The van der Waals surface area contributed by atoms with Gasteiger partial charge in [-0.2, -0.15) is 0 Å². The minimum atomic E-state index is -0.565. The predicted octanol–water partition coefficient (Wildman–Crippen LogP) is 0.533. The number of rotatable bonds is 7. The first-order valence-corrected chi connectivity index (χ1v) is 6.25. The monoisotopic (exact) mass is 268 g/mol. The Morgan fingerprint density at radius 3 is 2.68 bits per heavy atom. The Bertz CT molecular complexity index is 401. The summed E-state index contributed by atoms with van der Waals surface area (Å²) in [6.07, 6.45) is 1.45. The minimum absolute atomic E-state index is 0.145. The van der Waals surface area contributed by atoms with E-state index in [0.717, 1.165) is 0 Å². The van der Waals surface area contributed by atoms with Gasteiger partial charge in [-0.1, -0.05) is 13.8 Å². The minimum Gasteiger partial charge on any atom is -0.459 e. The molecule has 19 heavy (non-hydrogen) atoms. The lowest BCUT2D eigenvalue weighted by Gasteiger charge is -2.13. The molecule has 0 aliphatic rings. The van der Waals surface area contributed by atoms with E-state index in [1.165, 1.54) is 12.3 Å². The number of amides is 2. The standard InChI is InChI=1S/C13H20N2O4/c1-9(2)6-10(16)7-14-12(17)8-15-13(18)11-4-3-5-19-11/h3-5,9-10,16H,6-8H2,1-2H3,(H,14,17)(H,15,18). The van der Waals surface area contributed by atoms with E-state index in [0.29, 0.717) is 12.3 Å². The first kappa shape index (κ1) is 15.2. The van der Waals surface area contributed by atoms with Gasteiger partial charge >= 0.3 is 0 Å². The van der Waals surface area contributed by atoms with E-state index in [9.17, 15) is 14.7 Å². The lowest BCUT2D eigenvalue weighted by molar-refractivity contribution is -0.120. The molecule has 1 heterocycles. The molecule has 2 amide bonds. The lowest BCUT2D eigenvalue weighted by Crippen LogP contribution is -2.40. The number of carbonyl (C=O) groups is 2. The number of carbonyl (C=O) groups excluding carboxylic acids is 2. The van der Waals surface area contributed by atoms with Crippen molar-refractivity contribution in [2.24, 2.45) is 5.92 Å². The highest BCUT2D eigenvalue weighted by atomic mass is 16.3. The maximum absolute atomic E-state index is 11.5. The van der Waals surface area contributed by atoms with Crippen LogP contribution in [0, 0.1) is 5.92 Å². The van der Waals surface area contributed by atoms with Crippen LogP contribution in [0.3, 0.4) is 0 Å². The third kappa shape index (κ3) is 6.05. The topological polar surface area (TPSA) is 91.6 Å². The zero-order valence-corrected chi connectivity index (χ0v) is 11.2. The van der Waals surface area contributed by atoms with E-state index in [1.54, 1.807) is 6.07 Å². The molecule has 106 valence electrons. The van der Waals surface area contributed by atoms with Crippen molar-refractivity contribution >= 4 is 11.8 Å². The molecule has 1 aromatic rings. The van der Waals surface area contributed by atoms with E-state index in [2.05, 4.69) is 10.6 Å². The third-order valence-electron chi connectivity index (χ3n) is 2.43. The molecule has 0 spiro atoms. The van der Waals surface area contributed by atoms with Gasteiger partial charge in [-0.25, -0.2) is 0 Å². The Kier molecular flexibility index (Phi) is 6.08. The van der Waals surface area contributed by atoms with Crippen molar-refractivity contribution in [2.45, 2.75) is 26.4 Å². The van der Waals surface area contributed by atoms with Crippen LogP contribution in [0.15, 0.2) is 22.8 Å². The van der Waals surface area contributed by atoms with E-state index >= 15 is 0 Å². The predicted molar refractivity (Wildman–Crippen MR) is 69.5 cm³/mol. The summed E-state index contributed by atoms with van der Waals surface area (Å²) in [5.74, 6) is -0.260. The van der Waals surface area contributed by atoms with Gasteiger partial charge in [0.25, 0.3) is 5.91 Å². The fourth-order valence-corrected chi connectivity index (χ4v) is 1.58. The van der Waals surface area contributed by atoms with Crippen molar-refractivity contribution < 1.29 is 19.1 Å². The highest BCUT2D eigenvalue weighted by Crippen LogP contribution is 2.03. The van der Waals surface area contributed by atoms with Crippen LogP contribution in [0.2, 0.25) is 0 Å². The molecule has 6 heteroatoms. The summed E-state index contributed by atoms with van der Waals surface area (Å²) >= 11 is 0. The zero-order chi connectivity index (χ0) is 14.3. The maximum Gasteiger partial charge on any atom is 0.287 e. The van der Waals surface area contributed by atoms with Crippen LogP contribution >= 0.6 is 0 Å². The van der Waals surface area contributed by atoms with Gasteiger partial charge in [0.1, 0.15) is 0 Å². The largest absolute Gasteiger partial charge is 0.459 e. The summed E-state index contributed by atoms with van der Waals surface area (Å²) in [6, 6.07) is 3.11. The number of aliphatic hydroxyl groups excluding tert-OH is 1. The molecule has 3 N–H and O–H groups in total. The summed E-state index contributed by atoms with van der Waals surface area (Å²) < 4.78 is 4.89. The van der Waals surface area contributed by atoms with Crippen molar-refractivity contribution in [3.05, 3.63) is 24.2 Å². The summed E-state index contributed by atoms with van der Waals surface area (Å²) in [6.45, 7) is 4.03. The normalized spacial score (nSPS) is 12.2. The summed E-state index contributed by atoms with van der Waals surface area (Å²) in [4.78, 5) is 22.9. The van der Waals surface area contributed by atoms with Crippen molar-refractivity contribution in [3.63, 3.8) is 0 Å². The second-order valence-electron chi connectivity index (χ2n) is 4.75. The molecule has 6 nitrogen and oxygen atoms in total. The first-order chi connectivity index (χ1) is 8.99. The van der Waals surface area contributed by atoms with Gasteiger partial charge in [-0.15, -0.1) is 0 Å². The highest BCUT2D eigenvalue weighted by Gasteiger charge is 2.11. The molecule has 0 saturated heterocycles. The van der Waals surface area contributed by atoms with Crippen molar-refractivity contribution in [2.75, 3.05) is 13.1 Å².